The molecule has 3 nitrogen and oxygen atoms in total. The van der Waals surface area contributed by atoms with Gasteiger partial charge in [-0.2, -0.15) is 0 Å². The van der Waals surface area contributed by atoms with Crippen molar-refractivity contribution in [2.75, 3.05) is 0 Å². The Morgan fingerprint density at radius 1 is 1.17 bits per heavy atom. The number of imidazole rings is 1. The van der Waals surface area contributed by atoms with E-state index in [2.05, 4.69) is 42.1 Å². The van der Waals surface area contributed by atoms with Crippen LogP contribution in [0.1, 0.15) is 16.8 Å². The van der Waals surface area contributed by atoms with Gasteiger partial charge in [-0.25, -0.2) is 9.50 Å². The second-order valence-corrected chi connectivity index (χ2v) is 6.60. The van der Waals surface area contributed by atoms with Crippen LogP contribution in [0.3, 0.4) is 0 Å². The molecule has 0 bridgehead atoms. The highest BCUT2D eigenvalue weighted by atomic mass is 32.2. The highest BCUT2D eigenvalue weighted by molar-refractivity contribution is 8.01. The monoisotopic (exact) mass is 275 g/mol. The van der Waals surface area contributed by atoms with Gasteiger partial charge < -0.3 is 0 Å². The van der Waals surface area contributed by atoms with Gasteiger partial charge in [0.1, 0.15) is 0 Å². The maximum absolute atomic E-state index is 4.52. The van der Waals surface area contributed by atoms with Crippen molar-refractivity contribution in [3.8, 4) is 0 Å². The number of aryl methyl sites for hydroxylation is 3. The zero-order valence-electron chi connectivity index (χ0n) is 10.5. The van der Waals surface area contributed by atoms with Crippen LogP contribution in [0.5, 0.6) is 0 Å². The molecule has 92 valence electrons. The Hall–Kier alpha value is -1.33. The molecule has 3 rings (SSSR count). The Morgan fingerprint density at radius 2 is 2.00 bits per heavy atom. The summed E-state index contributed by atoms with van der Waals surface area (Å²) in [5, 5.41) is 4.52. The molecule has 0 saturated heterocycles. The van der Waals surface area contributed by atoms with E-state index < -0.39 is 0 Å². The smallest absolute Gasteiger partial charge is 0.213 e. The molecule has 0 spiro atoms. The van der Waals surface area contributed by atoms with Gasteiger partial charge in [0.05, 0.1) is 11.9 Å². The zero-order valence-corrected chi connectivity index (χ0v) is 12.1. The molecule has 18 heavy (non-hydrogen) atoms. The molecule has 0 amide bonds. The predicted molar refractivity (Wildman–Crippen MR) is 75.6 cm³/mol. The van der Waals surface area contributed by atoms with E-state index in [1.165, 1.54) is 16.0 Å². The molecule has 0 fully saturated rings. The van der Waals surface area contributed by atoms with Gasteiger partial charge in [0.25, 0.3) is 0 Å². The lowest BCUT2D eigenvalue weighted by molar-refractivity contribution is 0.913. The van der Waals surface area contributed by atoms with Gasteiger partial charge >= 0.3 is 0 Å². The van der Waals surface area contributed by atoms with Crippen molar-refractivity contribution in [2.24, 2.45) is 0 Å². The van der Waals surface area contributed by atoms with E-state index in [9.17, 15) is 0 Å². The minimum absolute atomic E-state index is 0.957. The third-order valence-corrected chi connectivity index (χ3v) is 4.79. The van der Waals surface area contributed by atoms with E-state index in [0.717, 1.165) is 15.0 Å². The Kier molecular flexibility index (Phi) is 2.87. The van der Waals surface area contributed by atoms with Gasteiger partial charge in [0.15, 0.2) is 4.34 Å². The first-order chi connectivity index (χ1) is 8.61. The summed E-state index contributed by atoms with van der Waals surface area (Å²) in [5.74, 6) is 0. The third-order valence-electron chi connectivity index (χ3n) is 2.83. The molecule has 0 N–H and O–H groups in total. The van der Waals surface area contributed by atoms with Crippen LogP contribution in [0.15, 0.2) is 33.6 Å². The summed E-state index contributed by atoms with van der Waals surface area (Å²) in [6.07, 6.45) is 1.95. The van der Waals surface area contributed by atoms with Crippen LogP contribution in [0, 0.1) is 20.8 Å². The molecule has 0 atom stereocenters. The van der Waals surface area contributed by atoms with E-state index in [0.29, 0.717) is 0 Å². The van der Waals surface area contributed by atoms with Crippen molar-refractivity contribution in [3.05, 3.63) is 41.2 Å². The Bertz CT molecular complexity index is 681. The molecule has 0 saturated carbocycles. The van der Waals surface area contributed by atoms with Crippen LogP contribution < -0.4 is 0 Å². The Labute approximate surface area is 114 Å². The summed E-state index contributed by atoms with van der Waals surface area (Å²) < 4.78 is 2.88. The first kappa shape index (κ1) is 11.7. The van der Waals surface area contributed by atoms with E-state index >= 15 is 0 Å². The summed E-state index contributed by atoms with van der Waals surface area (Å²) in [6.45, 7) is 6.25. The summed E-state index contributed by atoms with van der Waals surface area (Å²) >= 11 is 3.32. The number of hydrogen-bond acceptors (Lipinski definition) is 4. The highest BCUT2D eigenvalue weighted by Gasteiger charge is 2.08. The number of hydrogen-bond donors (Lipinski definition) is 0. The second kappa shape index (κ2) is 4.40. The molecule has 0 aliphatic rings. The minimum Gasteiger partial charge on any atom is -0.223 e. The first-order valence-corrected chi connectivity index (χ1v) is 7.33. The quantitative estimate of drug-likeness (QED) is 0.711. The van der Waals surface area contributed by atoms with E-state index in [4.69, 9.17) is 0 Å². The molecule has 3 aromatic rings. The zero-order chi connectivity index (χ0) is 12.7. The largest absolute Gasteiger partial charge is 0.223 e. The number of nitrogens with zero attached hydrogens (tertiary/aromatic N) is 3. The first-order valence-electron chi connectivity index (χ1n) is 5.70. The average molecular weight is 275 g/mol. The molecular formula is C13H13N3S2. The van der Waals surface area contributed by atoms with Crippen molar-refractivity contribution < 1.29 is 0 Å². The van der Waals surface area contributed by atoms with Gasteiger partial charge in [-0.05, 0) is 44.0 Å². The minimum atomic E-state index is 0.957. The summed E-state index contributed by atoms with van der Waals surface area (Å²) in [7, 11) is 0. The summed E-state index contributed by atoms with van der Waals surface area (Å²) in [5.41, 5.74) is 3.65. The van der Waals surface area contributed by atoms with Crippen molar-refractivity contribution in [1.82, 2.24) is 14.6 Å². The fourth-order valence-corrected chi connectivity index (χ4v) is 3.75. The highest BCUT2D eigenvalue weighted by Crippen LogP contribution is 2.32. The van der Waals surface area contributed by atoms with E-state index in [1.54, 1.807) is 23.1 Å². The van der Waals surface area contributed by atoms with Crippen LogP contribution in [0.4, 0.5) is 0 Å². The van der Waals surface area contributed by atoms with Crippen molar-refractivity contribution in [1.29, 1.82) is 0 Å². The SMILES string of the molecule is Cc1cn2nc(Sc3ccc(C)c(C)c3)sc2n1. The van der Waals surface area contributed by atoms with Gasteiger partial charge in [0, 0.05) is 4.90 Å². The van der Waals surface area contributed by atoms with Crippen LogP contribution in [-0.4, -0.2) is 14.6 Å². The summed E-state index contributed by atoms with van der Waals surface area (Å²) in [4.78, 5) is 6.60. The Balaban J connectivity index is 1.90. The molecule has 5 heteroatoms. The normalized spacial score (nSPS) is 11.3. The maximum atomic E-state index is 4.52. The van der Waals surface area contributed by atoms with Gasteiger partial charge in [-0.15, -0.1) is 5.10 Å². The fraction of sp³-hybridized carbons (Fsp3) is 0.231. The standard InChI is InChI=1S/C13H13N3S2/c1-8-4-5-11(6-9(8)2)17-13-15-16-7-10(3)14-12(16)18-13/h4-7H,1-3H3. The molecule has 0 aliphatic heterocycles. The lowest BCUT2D eigenvalue weighted by atomic mass is 10.1. The molecule has 0 unspecified atom stereocenters. The van der Waals surface area contributed by atoms with Gasteiger partial charge in [-0.3, -0.25) is 0 Å². The number of benzene rings is 1. The van der Waals surface area contributed by atoms with E-state index in [1.807, 2.05) is 17.6 Å². The molecule has 2 aromatic heterocycles. The van der Waals surface area contributed by atoms with Crippen molar-refractivity contribution in [3.63, 3.8) is 0 Å². The topological polar surface area (TPSA) is 30.2 Å². The van der Waals surface area contributed by atoms with Crippen molar-refractivity contribution in [2.45, 2.75) is 30.0 Å². The molecule has 0 aliphatic carbocycles. The number of fused-ring (bicyclic) bond motifs is 1. The summed E-state index contributed by atoms with van der Waals surface area (Å²) in [6, 6.07) is 6.50. The maximum Gasteiger partial charge on any atom is 0.213 e. The van der Waals surface area contributed by atoms with Gasteiger partial charge in [-0.1, -0.05) is 29.2 Å². The lowest BCUT2D eigenvalue weighted by Crippen LogP contribution is -1.82. The van der Waals surface area contributed by atoms with Gasteiger partial charge in [0.2, 0.25) is 4.96 Å². The number of rotatable bonds is 2. The molecule has 2 heterocycles. The molecular weight excluding hydrogens is 262 g/mol. The van der Waals surface area contributed by atoms with Crippen LogP contribution >= 0.6 is 23.1 Å². The fourth-order valence-electron chi connectivity index (χ4n) is 1.71. The number of aromatic nitrogens is 3. The second-order valence-electron chi connectivity index (χ2n) is 4.33. The molecule has 1 aromatic carbocycles. The predicted octanol–water partition coefficient (Wildman–Crippen LogP) is 3.87. The lowest BCUT2D eigenvalue weighted by Gasteiger charge is -2.02. The van der Waals surface area contributed by atoms with E-state index in [-0.39, 0.29) is 0 Å². The Morgan fingerprint density at radius 3 is 2.72 bits per heavy atom. The third kappa shape index (κ3) is 2.15. The van der Waals surface area contributed by atoms with Crippen LogP contribution in [-0.2, 0) is 0 Å². The van der Waals surface area contributed by atoms with Crippen molar-refractivity contribution >= 4 is 28.1 Å². The average Bonchev–Trinajstić information content (AvgIpc) is 2.80. The molecule has 0 radical (unpaired) electrons. The van der Waals surface area contributed by atoms with Crippen LogP contribution in [0.2, 0.25) is 0 Å². The van der Waals surface area contributed by atoms with Crippen LogP contribution in [0.25, 0.3) is 4.96 Å².